The van der Waals surface area contributed by atoms with Crippen LogP contribution < -0.4 is 0 Å². The second kappa shape index (κ2) is 2.63. The molecule has 1 aromatic rings. The van der Waals surface area contributed by atoms with Crippen molar-refractivity contribution < 1.29 is 0 Å². The first-order valence-corrected chi connectivity index (χ1v) is 6.29. The minimum Gasteiger partial charge on any atom is -0.263 e. The molecule has 0 saturated heterocycles. The zero-order valence-electron chi connectivity index (χ0n) is 9.11. The smallest absolute Gasteiger partial charge is 0.154 e. The predicted octanol–water partition coefficient (Wildman–Crippen LogP) is 2.13. The van der Waals surface area contributed by atoms with Crippen molar-refractivity contribution in [3.05, 3.63) is 11.6 Å². The largest absolute Gasteiger partial charge is 0.263 e. The first kappa shape index (κ1) is 8.31. The van der Waals surface area contributed by atoms with Crippen molar-refractivity contribution in [1.29, 1.82) is 0 Å². The third kappa shape index (κ3) is 0.963. The normalized spacial score (nSPS) is 45.8. The molecular formula is C12H17N3. The number of nitrogens with zero attached hydrogens (tertiary/aromatic N) is 2. The summed E-state index contributed by atoms with van der Waals surface area (Å²) in [6.45, 7) is 2.13. The van der Waals surface area contributed by atoms with Gasteiger partial charge in [0, 0.05) is 12.3 Å². The molecule has 4 atom stereocenters. The highest BCUT2D eigenvalue weighted by molar-refractivity contribution is 5.23. The number of hydrogen-bond donors (Lipinski definition) is 1. The lowest BCUT2D eigenvalue weighted by Gasteiger charge is -2.04. The van der Waals surface area contributed by atoms with Gasteiger partial charge in [-0.05, 0) is 42.9 Å². The molecule has 3 heteroatoms. The van der Waals surface area contributed by atoms with Crippen LogP contribution in [0, 0.1) is 23.7 Å². The summed E-state index contributed by atoms with van der Waals surface area (Å²) in [4.78, 5) is 4.60. The average Bonchev–Trinajstić information content (AvgIpc) is 2.72. The van der Waals surface area contributed by atoms with Crippen LogP contribution in [0.3, 0.4) is 0 Å². The number of H-pyrrole nitrogens is 1. The van der Waals surface area contributed by atoms with Crippen LogP contribution in [0.15, 0.2) is 0 Å². The Kier molecular flexibility index (Phi) is 1.46. The standard InChI is InChI=1S/C12H17N3/c1-2-8-13-12(15-14-8)11-9-6-3-4-7(5-6)10(9)11/h6-7,9-11H,2-5H2,1H3,(H,13,14,15). The summed E-state index contributed by atoms with van der Waals surface area (Å²) >= 11 is 0. The molecule has 4 rings (SSSR count). The van der Waals surface area contributed by atoms with Gasteiger partial charge < -0.3 is 0 Å². The van der Waals surface area contributed by atoms with Crippen LogP contribution in [0.4, 0.5) is 0 Å². The summed E-state index contributed by atoms with van der Waals surface area (Å²) in [5, 5.41) is 7.45. The van der Waals surface area contributed by atoms with Crippen molar-refractivity contribution in [2.75, 3.05) is 0 Å². The van der Waals surface area contributed by atoms with Gasteiger partial charge in [-0.3, -0.25) is 5.10 Å². The molecule has 3 aliphatic rings. The summed E-state index contributed by atoms with van der Waals surface area (Å²) < 4.78 is 0. The van der Waals surface area contributed by atoms with Gasteiger partial charge in [-0.15, -0.1) is 0 Å². The number of aromatic amines is 1. The lowest BCUT2D eigenvalue weighted by Crippen LogP contribution is -1.99. The lowest BCUT2D eigenvalue weighted by molar-refractivity contribution is 0.456. The van der Waals surface area contributed by atoms with Gasteiger partial charge in [0.15, 0.2) is 5.82 Å². The highest BCUT2D eigenvalue weighted by atomic mass is 15.2. The first-order chi connectivity index (χ1) is 7.38. The fourth-order valence-corrected chi connectivity index (χ4v) is 4.29. The summed E-state index contributed by atoms with van der Waals surface area (Å²) in [7, 11) is 0. The maximum atomic E-state index is 4.60. The predicted molar refractivity (Wildman–Crippen MR) is 56.3 cm³/mol. The van der Waals surface area contributed by atoms with E-state index in [9.17, 15) is 0 Å². The monoisotopic (exact) mass is 203 g/mol. The van der Waals surface area contributed by atoms with Crippen molar-refractivity contribution in [2.45, 2.75) is 38.5 Å². The molecule has 1 N–H and O–H groups in total. The van der Waals surface area contributed by atoms with Crippen molar-refractivity contribution in [1.82, 2.24) is 15.2 Å². The maximum Gasteiger partial charge on any atom is 0.154 e. The molecule has 3 aliphatic carbocycles. The van der Waals surface area contributed by atoms with Crippen molar-refractivity contribution >= 4 is 0 Å². The Bertz CT molecular complexity index is 381. The maximum absolute atomic E-state index is 4.60. The van der Waals surface area contributed by atoms with Crippen molar-refractivity contribution in [2.24, 2.45) is 23.7 Å². The zero-order valence-corrected chi connectivity index (χ0v) is 9.11. The second-order valence-electron chi connectivity index (χ2n) is 5.51. The van der Waals surface area contributed by atoms with E-state index in [0.717, 1.165) is 47.7 Å². The van der Waals surface area contributed by atoms with Gasteiger partial charge >= 0.3 is 0 Å². The minimum atomic E-state index is 0.729. The van der Waals surface area contributed by atoms with Crippen LogP contribution >= 0.6 is 0 Å². The molecule has 3 fully saturated rings. The van der Waals surface area contributed by atoms with E-state index in [1.165, 1.54) is 19.3 Å². The van der Waals surface area contributed by atoms with Crippen molar-refractivity contribution in [3.8, 4) is 0 Å². The molecule has 15 heavy (non-hydrogen) atoms. The number of aryl methyl sites for hydroxylation is 1. The zero-order chi connectivity index (χ0) is 9.99. The molecule has 0 aromatic carbocycles. The van der Waals surface area contributed by atoms with Gasteiger partial charge in [-0.2, -0.15) is 5.10 Å². The van der Waals surface area contributed by atoms with Crippen LogP contribution in [0.1, 0.15) is 43.8 Å². The fourth-order valence-electron chi connectivity index (χ4n) is 4.29. The van der Waals surface area contributed by atoms with Gasteiger partial charge in [0.05, 0.1) is 0 Å². The molecule has 2 bridgehead atoms. The molecular weight excluding hydrogens is 186 g/mol. The first-order valence-electron chi connectivity index (χ1n) is 6.29. The fraction of sp³-hybridized carbons (Fsp3) is 0.833. The Hall–Kier alpha value is -0.860. The van der Waals surface area contributed by atoms with E-state index in [1.807, 2.05) is 0 Å². The number of hydrogen-bond acceptors (Lipinski definition) is 2. The van der Waals surface area contributed by atoms with Gasteiger partial charge in [0.2, 0.25) is 0 Å². The van der Waals surface area contributed by atoms with Crippen LogP contribution in [0.25, 0.3) is 0 Å². The molecule has 3 nitrogen and oxygen atoms in total. The summed E-state index contributed by atoms with van der Waals surface area (Å²) in [6, 6.07) is 0. The van der Waals surface area contributed by atoms with Crippen molar-refractivity contribution in [3.63, 3.8) is 0 Å². The molecule has 3 saturated carbocycles. The molecule has 1 heterocycles. The molecule has 0 amide bonds. The van der Waals surface area contributed by atoms with E-state index in [-0.39, 0.29) is 0 Å². The Morgan fingerprint density at radius 1 is 1.27 bits per heavy atom. The second-order valence-corrected chi connectivity index (χ2v) is 5.51. The van der Waals surface area contributed by atoms with E-state index in [0.29, 0.717) is 0 Å². The Morgan fingerprint density at radius 3 is 2.60 bits per heavy atom. The average molecular weight is 203 g/mol. The van der Waals surface area contributed by atoms with Gasteiger partial charge in [-0.25, -0.2) is 4.98 Å². The van der Waals surface area contributed by atoms with Gasteiger partial charge in [0.1, 0.15) is 5.82 Å². The van der Waals surface area contributed by atoms with E-state index in [2.05, 4.69) is 22.1 Å². The van der Waals surface area contributed by atoms with Crippen LogP contribution in [-0.2, 0) is 6.42 Å². The van der Waals surface area contributed by atoms with Crippen LogP contribution in [0.2, 0.25) is 0 Å². The van der Waals surface area contributed by atoms with E-state index in [4.69, 9.17) is 0 Å². The van der Waals surface area contributed by atoms with Crippen LogP contribution in [-0.4, -0.2) is 15.2 Å². The van der Waals surface area contributed by atoms with Gasteiger partial charge in [-0.1, -0.05) is 6.92 Å². The topological polar surface area (TPSA) is 41.6 Å². The quantitative estimate of drug-likeness (QED) is 0.800. The van der Waals surface area contributed by atoms with Crippen LogP contribution in [0.5, 0.6) is 0 Å². The molecule has 4 unspecified atom stereocenters. The molecule has 80 valence electrons. The number of rotatable bonds is 2. The molecule has 0 spiro atoms. The van der Waals surface area contributed by atoms with E-state index in [1.54, 1.807) is 0 Å². The summed E-state index contributed by atoms with van der Waals surface area (Å²) in [5.74, 6) is 6.88. The Balaban J connectivity index is 1.61. The highest BCUT2D eigenvalue weighted by Gasteiger charge is 2.66. The number of aromatic nitrogens is 3. The lowest BCUT2D eigenvalue weighted by atomic mass is 10.0. The minimum absolute atomic E-state index is 0.729. The third-order valence-electron chi connectivity index (χ3n) is 4.92. The number of fused-ring (bicyclic) bond motifs is 5. The molecule has 0 radical (unpaired) electrons. The molecule has 1 aromatic heterocycles. The van der Waals surface area contributed by atoms with Gasteiger partial charge in [0.25, 0.3) is 0 Å². The summed E-state index contributed by atoms with van der Waals surface area (Å²) in [5.41, 5.74) is 0. The summed E-state index contributed by atoms with van der Waals surface area (Å²) in [6.07, 6.45) is 5.44. The number of nitrogens with one attached hydrogen (secondary N) is 1. The highest BCUT2D eigenvalue weighted by Crippen LogP contribution is 2.72. The Labute approximate surface area is 89.7 Å². The van der Waals surface area contributed by atoms with E-state index >= 15 is 0 Å². The Morgan fingerprint density at radius 2 is 2.00 bits per heavy atom. The SMILES string of the molecule is CCc1nc(C2C3C4CCC(C4)C23)n[nH]1. The van der Waals surface area contributed by atoms with E-state index < -0.39 is 0 Å². The third-order valence-corrected chi connectivity index (χ3v) is 4.92. The molecule has 0 aliphatic heterocycles.